The number of ether oxygens (including phenoxy) is 1. The summed E-state index contributed by atoms with van der Waals surface area (Å²) in [5.74, 6) is 0.480. The molecule has 1 aromatic heterocycles. The van der Waals surface area contributed by atoms with Crippen molar-refractivity contribution in [3.63, 3.8) is 0 Å². The van der Waals surface area contributed by atoms with E-state index >= 15 is 0 Å². The molecule has 3 rings (SSSR count). The SMILES string of the molecule is C/C=C(/C)C(=O)O[C@H]1CC[C@@H]2C(=O)c3occ(C)c3C[C@]2(C)[C@H]1C. The monoisotopic (exact) mass is 330 g/mol. The van der Waals surface area contributed by atoms with Gasteiger partial charge in [0.2, 0.25) is 5.78 Å². The molecule has 4 heteroatoms. The van der Waals surface area contributed by atoms with Gasteiger partial charge in [-0.05, 0) is 56.9 Å². The molecule has 0 amide bonds. The molecule has 2 aliphatic rings. The molecule has 130 valence electrons. The predicted molar refractivity (Wildman–Crippen MR) is 90.8 cm³/mol. The summed E-state index contributed by atoms with van der Waals surface area (Å²) >= 11 is 0. The number of allylic oxidation sites excluding steroid dienone is 1. The number of rotatable bonds is 2. The molecule has 2 aliphatic carbocycles. The van der Waals surface area contributed by atoms with Crippen LogP contribution in [-0.4, -0.2) is 17.9 Å². The first-order valence-corrected chi connectivity index (χ1v) is 8.74. The second-order valence-corrected chi connectivity index (χ2v) is 7.61. The molecule has 0 spiro atoms. The van der Waals surface area contributed by atoms with Crippen molar-refractivity contribution in [3.8, 4) is 0 Å². The van der Waals surface area contributed by atoms with Gasteiger partial charge in [0.1, 0.15) is 6.10 Å². The molecule has 0 aliphatic heterocycles. The lowest BCUT2D eigenvalue weighted by Gasteiger charge is -2.50. The Balaban J connectivity index is 1.89. The summed E-state index contributed by atoms with van der Waals surface area (Å²) in [4.78, 5) is 25.0. The van der Waals surface area contributed by atoms with E-state index in [0.717, 1.165) is 30.4 Å². The highest BCUT2D eigenvalue weighted by Gasteiger charge is 2.54. The third-order valence-electron chi connectivity index (χ3n) is 6.35. The van der Waals surface area contributed by atoms with Crippen LogP contribution >= 0.6 is 0 Å². The summed E-state index contributed by atoms with van der Waals surface area (Å²) in [6.45, 7) is 9.87. The number of aryl methyl sites for hydroxylation is 1. The van der Waals surface area contributed by atoms with Crippen molar-refractivity contribution in [2.45, 2.75) is 60.0 Å². The number of hydrogen-bond acceptors (Lipinski definition) is 4. The van der Waals surface area contributed by atoms with Crippen LogP contribution in [-0.2, 0) is 16.0 Å². The number of carbonyl (C=O) groups excluding carboxylic acids is 2. The maximum atomic E-state index is 12.9. The van der Waals surface area contributed by atoms with Crippen molar-refractivity contribution >= 4 is 11.8 Å². The summed E-state index contributed by atoms with van der Waals surface area (Å²) in [5, 5.41) is 0. The fraction of sp³-hybridized carbons (Fsp3) is 0.600. The Labute approximate surface area is 143 Å². The van der Waals surface area contributed by atoms with Crippen molar-refractivity contribution in [3.05, 3.63) is 34.8 Å². The van der Waals surface area contributed by atoms with Gasteiger partial charge in [0.25, 0.3) is 0 Å². The van der Waals surface area contributed by atoms with Crippen LogP contribution in [0.3, 0.4) is 0 Å². The fourth-order valence-corrected chi connectivity index (χ4v) is 4.31. The van der Waals surface area contributed by atoms with E-state index in [2.05, 4.69) is 13.8 Å². The molecule has 4 atom stereocenters. The summed E-state index contributed by atoms with van der Waals surface area (Å²) in [6, 6.07) is 0. The van der Waals surface area contributed by atoms with Gasteiger partial charge in [0, 0.05) is 17.1 Å². The molecular formula is C20H26O4. The molecule has 1 saturated carbocycles. The third-order valence-corrected chi connectivity index (χ3v) is 6.35. The summed E-state index contributed by atoms with van der Waals surface area (Å²) in [5.41, 5.74) is 2.49. The number of ketones is 1. The van der Waals surface area contributed by atoms with Crippen LogP contribution < -0.4 is 0 Å². The Kier molecular flexibility index (Phi) is 4.18. The van der Waals surface area contributed by atoms with Gasteiger partial charge in [-0.15, -0.1) is 0 Å². The Bertz CT molecular complexity index is 711. The van der Waals surface area contributed by atoms with Crippen molar-refractivity contribution in [2.24, 2.45) is 17.3 Å². The van der Waals surface area contributed by atoms with Crippen molar-refractivity contribution in [1.29, 1.82) is 0 Å². The molecule has 24 heavy (non-hydrogen) atoms. The zero-order chi connectivity index (χ0) is 17.6. The molecule has 1 aromatic rings. The number of carbonyl (C=O) groups is 2. The van der Waals surface area contributed by atoms with Gasteiger partial charge < -0.3 is 9.15 Å². The van der Waals surface area contributed by atoms with Crippen molar-refractivity contribution in [2.75, 3.05) is 0 Å². The van der Waals surface area contributed by atoms with E-state index in [1.54, 1.807) is 19.3 Å². The topological polar surface area (TPSA) is 56.5 Å². The lowest BCUT2D eigenvalue weighted by atomic mass is 9.54. The number of Topliss-reactive ketones (excluding diaryl/α,β-unsaturated/α-hetero) is 1. The summed E-state index contributed by atoms with van der Waals surface area (Å²) < 4.78 is 11.3. The van der Waals surface area contributed by atoms with Crippen LogP contribution in [0, 0.1) is 24.2 Å². The molecular weight excluding hydrogens is 304 g/mol. The van der Waals surface area contributed by atoms with Crippen LogP contribution in [0.15, 0.2) is 22.3 Å². The molecule has 0 N–H and O–H groups in total. The van der Waals surface area contributed by atoms with Gasteiger partial charge in [-0.25, -0.2) is 4.79 Å². The third kappa shape index (κ3) is 2.43. The van der Waals surface area contributed by atoms with Crippen LogP contribution in [0.4, 0.5) is 0 Å². The van der Waals surface area contributed by atoms with Crippen LogP contribution in [0.2, 0.25) is 0 Å². The summed E-state index contributed by atoms with van der Waals surface area (Å²) in [6.07, 6.45) is 5.58. The largest absolute Gasteiger partial charge is 0.461 e. The minimum atomic E-state index is -0.251. The molecule has 0 radical (unpaired) electrons. The minimum Gasteiger partial charge on any atom is -0.461 e. The second-order valence-electron chi connectivity index (χ2n) is 7.61. The maximum absolute atomic E-state index is 12.9. The van der Waals surface area contributed by atoms with Crippen LogP contribution in [0.5, 0.6) is 0 Å². The zero-order valence-corrected chi connectivity index (χ0v) is 15.1. The average molecular weight is 330 g/mol. The van der Waals surface area contributed by atoms with Gasteiger partial charge in [0.15, 0.2) is 5.76 Å². The standard InChI is InChI=1S/C20H26O4/c1-6-11(2)19(22)24-16-8-7-15-17(21)18-14(12(3)10-23-18)9-20(15,5)13(16)4/h6,10,13,15-16H,7-9H2,1-5H3/b11-6-/t13-,15+,16-,20+/m0/s1. The normalized spacial score (nSPS) is 33.0. The lowest BCUT2D eigenvalue weighted by molar-refractivity contribution is -0.154. The van der Waals surface area contributed by atoms with E-state index in [0.29, 0.717) is 11.3 Å². The Morgan fingerprint density at radius 1 is 1.42 bits per heavy atom. The van der Waals surface area contributed by atoms with Gasteiger partial charge >= 0.3 is 5.97 Å². The van der Waals surface area contributed by atoms with Gasteiger partial charge in [-0.1, -0.05) is 19.9 Å². The van der Waals surface area contributed by atoms with E-state index in [1.807, 2.05) is 13.8 Å². The van der Waals surface area contributed by atoms with Crippen LogP contribution in [0.25, 0.3) is 0 Å². The van der Waals surface area contributed by atoms with E-state index in [1.165, 1.54) is 0 Å². The molecule has 0 unspecified atom stereocenters. The van der Waals surface area contributed by atoms with E-state index in [-0.39, 0.29) is 35.1 Å². The van der Waals surface area contributed by atoms with E-state index in [4.69, 9.17) is 9.15 Å². The highest BCUT2D eigenvalue weighted by atomic mass is 16.5. The van der Waals surface area contributed by atoms with E-state index < -0.39 is 0 Å². The predicted octanol–water partition coefficient (Wildman–Crippen LogP) is 4.26. The first-order chi connectivity index (χ1) is 11.3. The number of fused-ring (bicyclic) bond motifs is 2. The number of furan rings is 1. The first kappa shape index (κ1) is 17.0. The number of hydrogen-bond donors (Lipinski definition) is 0. The first-order valence-electron chi connectivity index (χ1n) is 8.74. The average Bonchev–Trinajstić information content (AvgIpc) is 2.91. The second kappa shape index (κ2) is 5.91. The van der Waals surface area contributed by atoms with Crippen molar-refractivity contribution in [1.82, 2.24) is 0 Å². The number of esters is 1. The fourth-order valence-electron chi connectivity index (χ4n) is 4.31. The Morgan fingerprint density at radius 2 is 2.12 bits per heavy atom. The molecule has 1 fully saturated rings. The zero-order valence-electron chi connectivity index (χ0n) is 15.1. The van der Waals surface area contributed by atoms with E-state index in [9.17, 15) is 9.59 Å². The highest BCUT2D eigenvalue weighted by molar-refractivity contribution is 5.99. The summed E-state index contributed by atoms with van der Waals surface area (Å²) in [7, 11) is 0. The molecule has 0 aromatic carbocycles. The van der Waals surface area contributed by atoms with Crippen molar-refractivity contribution < 1.29 is 18.7 Å². The minimum absolute atomic E-state index is 0.0525. The molecule has 0 bridgehead atoms. The van der Waals surface area contributed by atoms with Gasteiger partial charge in [0.05, 0.1) is 6.26 Å². The lowest BCUT2D eigenvalue weighted by Crippen LogP contribution is -2.52. The molecule has 4 nitrogen and oxygen atoms in total. The smallest absolute Gasteiger partial charge is 0.333 e. The van der Waals surface area contributed by atoms with Gasteiger partial charge in [-0.2, -0.15) is 0 Å². The van der Waals surface area contributed by atoms with Gasteiger partial charge in [-0.3, -0.25) is 4.79 Å². The molecule has 0 saturated heterocycles. The Hall–Kier alpha value is -1.84. The molecule has 1 heterocycles. The highest BCUT2D eigenvalue weighted by Crippen LogP contribution is 2.53. The quantitative estimate of drug-likeness (QED) is 0.600. The maximum Gasteiger partial charge on any atom is 0.333 e. The Morgan fingerprint density at radius 3 is 2.79 bits per heavy atom. The van der Waals surface area contributed by atoms with Crippen LogP contribution in [0.1, 0.15) is 62.2 Å².